The molecule has 1 aliphatic heterocycles. The zero-order valence-corrected chi connectivity index (χ0v) is 24.4. The van der Waals surface area contributed by atoms with Crippen molar-refractivity contribution in [1.29, 1.82) is 0 Å². The summed E-state index contributed by atoms with van der Waals surface area (Å²) in [5, 5.41) is 22.9. The van der Waals surface area contributed by atoms with Crippen LogP contribution in [0.3, 0.4) is 0 Å². The SMILES string of the molecule is C#CC(O)[C@]1(O)CC[C@H]2[C@@H]3CCc4cc(OCCN5CCOCC5)ccc4C3[C@@H](c3ccc(C4CC4)cc3)C[C@@]21C. The lowest BCUT2D eigenvalue weighted by Crippen LogP contribution is -2.57. The Labute approximate surface area is 245 Å². The van der Waals surface area contributed by atoms with Gasteiger partial charge in [-0.05, 0) is 109 Å². The van der Waals surface area contributed by atoms with E-state index in [1.807, 2.05) is 0 Å². The minimum absolute atomic E-state index is 0.260. The Bertz CT molecular complexity index is 1290. The van der Waals surface area contributed by atoms with Crippen molar-refractivity contribution in [2.24, 2.45) is 17.3 Å². The number of rotatable bonds is 7. The van der Waals surface area contributed by atoms with Crippen LogP contribution in [-0.4, -0.2) is 66.3 Å². The number of morpholine rings is 1. The van der Waals surface area contributed by atoms with Crippen molar-refractivity contribution in [2.45, 2.75) is 81.3 Å². The van der Waals surface area contributed by atoms with Gasteiger partial charge in [0.1, 0.15) is 24.1 Å². The van der Waals surface area contributed by atoms with Gasteiger partial charge in [0.2, 0.25) is 0 Å². The van der Waals surface area contributed by atoms with E-state index in [2.05, 4.69) is 60.2 Å². The van der Waals surface area contributed by atoms with Gasteiger partial charge in [0.15, 0.2) is 0 Å². The van der Waals surface area contributed by atoms with Crippen LogP contribution in [0.4, 0.5) is 0 Å². The molecule has 2 aromatic carbocycles. The van der Waals surface area contributed by atoms with Crippen LogP contribution >= 0.6 is 0 Å². The molecule has 5 nitrogen and oxygen atoms in total. The molecular formula is C36H45NO4. The fourth-order valence-electron chi connectivity index (χ4n) is 9.27. The van der Waals surface area contributed by atoms with Gasteiger partial charge < -0.3 is 19.7 Å². The summed E-state index contributed by atoms with van der Waals surface area (Å²) in [6.45, 7) is 7.42. The Kier molecular flexibility index (Phi) is 7.19. The maximum atomic E-state index is 12.0. The number of nitrogens with zero attached hydrogens (tertiary/aromatic N) is 1. The number of aryl methyl sites for hydroxylation is 1. The molecule has 5 heteroatoms. The van der Waals surface area contributed by atoms with Gasteiger partial charge in [-0.25, -0.2) is 0 Å². The highest BCUT2D eigenvalue weighted by Gasteiger charge is 2.65. The summed E-state index contributed by atoms with van der Waals surface area (Å²) in [5.74, 6) is 5.62. The first-order chi connectivity index (χ1) is 19.9. The molecule has 4 aliphatic carbocycles. The van der Waals surface area contributed by atoms with Crippen LogP contribution in [0.2, 0.25) is 0 Å². The molecule has 4 fully saturated rings. The number of fused-ring (bicyclic) bond motifs is 5. The molecule has 7 atom stereocenters. The Balaban J connectivity index is 1.19. The summed E-state index contributed by atoms with van der Waals surface area (Å²) in [6, 6.07) is 16.2. The maximum Gasteiger partial charge on any atom is 0.143 e. The van der Waals surface area contributed by atoms with E-state index in [1.165, 1.54) is 35.1 Å². The Morgan fingerprint density at radius 2 is 1.83 bits per heavy atom. The number of hydrogen-bond donors (Lipinski definition) is 2. The molecule has 2 unspecified atom stereocenters. The van der Waals surface area contributed by atoms with Crippen molar-refractivity contribution in [2.75, 3.05) is 39.5 Å². The molecule has 1 saturated heterocycles. The third kappa shape index (κ3) is 4.72. The smallest absolute Gasteiger partial charge is 0.143 e. The Morgan fingerprint density at radius 1 is 1.07 bits per heavy atom. The normalized spacial score (nSPS) is 35.6. The van der Waals surface area contributed by atoms with Crippen molar-refractivity contribution in [3.63, 3.8) is 0 Å². The van der Waals surface area contributed by atoms with Crippen LogP contribution in [0.25, 0.3) is 0 Å². The van der Waals surface area contributed by atoms with Crippen LogP contribution in [0.5, 0.6) is 5.75 Å². The number of hydrogen-bond acceptors (Lipinski definition) is 5. The molecule has 0 radical (unpaired) electrons. The number of aliphatic hydroxyl groups is 2. The zero-order valence-electron chi connectivity index (χ0n) is 24.4. The van der Waals surface area contributed by atoms with Crippen LogP contribution in [0.15, 0.2) is 42.5 Å². The number of benzene rings is 2. The summed E-state index contributed by atoms with van der Waals surface area (Å²) in [7, 11) is 0. The van der Waals surface area contributed by atoms with Crippen molar-refractivity contribution >= 4 is 0 Å². The van der Waals surface area contributed by atoms with Crippen molar-refractivity contribution in [1.82, 2.24) is 4.90 Å². The molecule has 0 bridgehead atoms. The molecule has 1 heterocycles. The van der Waals surface area contributed by atoms with Gasteiger partial charge >= 0.3 is 0 Å². The van der Waals surface area contributed by atoms with E-state index in [0.29, 0.717) is 30.8 Å². The molecule has 0 amide bonds. The largest absolute Gasteiger partial charge is 0.492 e. The fraction of sp³-hybridized carbons (Fsp3) is 0.611. The van der Waals surface area contributed by atoms with Gasteiger partial charge in [0.25, 0.3) is 0 Å². The van der Waals surface area contributed by atoms with Crippen LogP contribution in [0, 0.1) is 29.6 Å². The van der Waals surface area contributed by atoms with E-state index < -0.39 is 17.1 Å². The van der Waals surface area contributed by atoms with Gasteiger partial charge in [0.05, 0.1) is 13.2 Å². The van der Waals surface area contributed by atoms with E-state index in [1.54, 1.807) is 0 Å². The summed E-state index contributed by atoms with van der Waals surface area (Å²) in [4.78, 5) is 2.41. The molecule has 2 N–H and O–H groups in total. The lowest BCUT2D eigenvalue weighted by molar-refractivity contribution is -0.151. The second-order valence-corrected chi connectivity index (χ2v) is 13.7. The third-order valence-electron chi connectivity index (χ3n) is 11.7. The van der Waals surface area contributed by atoms with E-state index in [9.17, 15) is 10.2 Å². The minimum atomic E-state index is -1.25. The minimum Gasteiger partial charge on any atom is -0.492 e. The number of terminal acetylenes is 1. The standard InChI is InChI=1S/C36H45NO4/c1-3-33(38)36(39)15-14-32-30-12-10-27-22-28(41-21-18-37-16-19-40-20-17-37)11-13-29(27)34(30)31(23-35(32,36)2)26-8-6-25(7-9-26)24-4-5-24/h1,6-9,11,13,22,24,30-34,38-39H,4-5,10,12,14-21,23H2,2H3/t30-,31+,32-,33?,34?,35-,36+/m0/s1. The second-order valence-electron chi connectivity index (χ2n) is 13.7. The molecule has 7 rings (SSSR count). The molecule has 5 aliphatic rings. The Morgan fingerprint density at radius 3 is 2.56 bits per heavy atom. The first-order valence-corrected chi connectivity index (χ1v) is 15.9. The van der Waals surface area contributed by atoms with Crippen LogP contribution in [-0.2, 0) is 11.2 Å². The van der Waals surface area contributed by atoms with Crippen LogP contribution in [0.1, 0.15) is 85.5 Å². The first kappa shape index (κ1) is 27.5. The molecule has 3 saturated carbocycles. The molecule has 218 valence electrons. The van der Waals surface area contributed by atoms with Gasteiger partial charge in [-0.1, -0.05) is 43.2 Å². The van der Waals surface area contributed by atoms with Gasteiger partial charge in [-0.2, -0.15) is 0 Å². The molecular weight excluding hydrogens is 510 g/mol. The lowest BCUT2D eigenvalue weighted by Gasteiger charge is -2.57. The zero-order chi connectivity index (χ0) is 28.2. The average Bonchev–Trinajstić information content (AvgIpc) is 3.82. The highest BCUT2D eigenvalue weighted by atomic mass is 16.5. The van der Waals surface area contributed by atoms with Gasteiger partial charge in [-0.3, -0.25) is 4.90 Å². The average molecular weight is 556 g/mol. The highest BCUT2D eigenvalue weighted by molar-refractivity contribution is 5.44. The van der Waals surface area contributed by atoms with Crippen molar-refractivity contribution < 1.29 is 19.7 Å². The fourth-order valence-corrected chi connectivity index (χ4v) is 9.27. The summed E-state index contributed by atoms with van der Waals surface area (Å²) >= 11 is 0. The van der Waals surface area contributed by atoms with E-state index in [-0.39, 0.29) is 5.92 Å². The van der Waals surface area contributed by atoms with Crippen molar-refractivity contribution in [3.05, 3.63) is 64.7 Å². The highest BCUT2D eigenvalue weighted by Crippen LogP contribution is 2.68. The van der Waals surface area contributed by atoms with Gasteiger partial charge in [0, 0.05) is 25.0 Å². The predicted molar refractivity (Wildman–Crippen MR) is 160 cm³/mol. The maximum absolute atomic E-state index is 12.0. The molecule has 41 heavy (non-hydrogen) atoms. The van der Waals surface area contributed by atoms with Crippen LogP contribution < -0.4 is 4.74 Å². The monoisotopic (exact) mass is 555 g/mol. The third-order valence-corrected chi connectivity index (χ3v) is 11.7. The Hall–Kier alpha value is -2.36. The summed E-state index contributed by atoms with van der Waals surface area (Å²) < 4.78 is 11.7. The first-order valence-electron chi connectivity index (χ1n) is 15.9. The molecule has 0 aromatic heterocycles. The number of aliphatic hydroxyl groups excluding tert-OH is 1. The number of ether oxygens (including phenoxy) is 2. The lowest BCUT2D eigenvalue weighted by atomic mass is 9.48. The molecule has 0 spiro atoms. The summed E-state index contributed by atoms with van der Waals surface area (Å²) in [5.41, 5.74) is 3.99. The van der Waals surface area contributed by atoms with Crippen molar-refractivity contribution in [3.8, 4) is 18.1 Å². The summed E-state index contributed by atoms with van der Waals surface area (Å²) in [6.07, 6.45) is 11.6. The predicted octanol–water partition coefficient (Wildman–Crippen LogP) is 5.25. The second kappa shape index (κ2) is 10.7. The topological polar surface area (TPSA) is 62.2 Å². The molecule has 2 aromatic rings. The van der Waals surface area contributed by atoms with E-state index >= 15 is 0 Å². The quantitative estimate of drug-likeness (QED) is 0.457. The van der Waals surface area contributed by atoms with E-state index in [4.69, 9.17) is 15.9 Å². The van der Waals surface area contributed by atoms with Gasteiger partial charge in [-0.15, -0.1) is 6.42 Å². The van der Waals surface area contributed by atoms with E-state index in [0.717, 1.165) is 70.2 Å².